The van der Waals surface area contributed by atoms with Gasteiger partial charge >= 0.3 is 18.1 Å². The third-order valence-corrected chi connectivity index (χ3v) is 2.09. The molecule has 7 heteroatoms. The molecule has 19 heavy (non-hydrogen) atoms. The summed E-state index contributed by atoms with van der Waals surface area (Å²) < 4.78 is 45.1. The van der Waals surface area contributed by atoms with Gasteiger partial charge in [-0.25, -0.2) is 0 Å². The average molecular weight is 282 g/mol. The monoisotopic (exact) mass is 282 g/mol. The van der Waals surface area contributed by atoms with Gasteiger partial charge in [0.2, 0.25) is 0 Å². The third kappa shape index (κ3) is 9.10. The van der Waals surface area contributed by atoms with Crippen molar-refractivity contribution in [2.45, 2.75) is 45.4 Å². The van der Waals surface area contributed by atoms with Crippen LogP contribution in [0.4, 0.5) is 13.2 Å². The van der Waals surface area contributed by atoms with Crippen LogP contribution in [0.3, 0.4) is 0 Å². The van der Waals surface area contributed by atoms with Crippen LogP contribution in [-0.2, 0) is 19.1 Å². The molecule has 0 heterocycles. The van der Waals surface area contributed by atoms with Crippen LogP contribution < -0.4 is 0 Å². The molecule has 0 N–H and O–H groups in total. The lowest BCUT2D eigenvalue weighted by molar-refractivity contribution is -0.216. The predicted molar refractivity (Wildman–Crippen MR) is 61.2 cm³/mol. The van der Waals surface area contributed by atoms with E-state index in [1.807, 2.05) is 0 Å². The first kappa shape index (κ1) is 17.5. The average Bonchev–Trinajstić information content (AvgIpc) is 2.24. The van der Waals surface area contributed by atoms with Crippen molar-refractivity contribution in [3.05, 3.63) is 12.2 Å². The van der Waals surface area contributed by atoms with Gasteiger partial charge in [0.25, 0.3) is 0 Å². The summed E-state index contributed by atoms with van der Waals surface area (Å²) in [5.74, 6) is -1.74. The first-order valence-electron chi connectivity index (χ1n) is 5.69. The van der Waals surface area contributed by atoms with E-state index in [0.29, 0.717) is 6.42 Å². The van der Waals surface area contributed by atoms with Crippen LogP contribution in [0.15, 0.2) is 12.2 Å². The zero-order valence-electron chi connectivity index (χ0n) is 10.9. The van der Waals surface area contributed by atoms with Gasteiger partial charge in [-0.2, -0.15) is 13.2 Å². The van der Waals surface area contributed by atoms with Gasteiger partial charge in [-0.3, -0.25) is 9.59 Å². The molecule has 110 valence electrons. The summed E-state index contributed by atoms with van der Waals surface area (Å²) in [4.78, 5) is 22.2. The third-order valence-electron chi connectivity index (χ3n) is 2.09. The highest BCUT2D eigenvalue weighted by atomic mass is 19.4. The fourth-order valence-corrected chi connectivity index (χ4v) is 0.938. The summed E-state index contributed by atoms with van der Waals surface area (Å²) in [5, 5.41) is 0. The van der Waals surface area contributed by atoms with Crippen LogP contribution in [-0.4, -0.2) is 30.8 Å². The van der Waals surface area contributed by atoms with Gasteiger partial charge in [-0.1, -0.05) is 5.57 Å². The maximum absolute atomic E-state index is 12.1. The summed E-state index contributed by atoms with van der Waals surface area (Å²) in [6.45, 7) is 6.24. The highest BCUT2D eigenvalue weighted by Crippen LogP contribution is 2.22. The fraction of sp³-hybridized carbons (Fsp3) is 0.667. The number of rotatable bonds is 7. The van der Waals surface area contributed by atoms with Crippen LogP contribution >= 0.6 is 0 Å². The lowest BCUT2D eigenvalue weighted by Crippen LogP contribution is -2.31. The normalized spacial score (nSPS) is 12.7. The van der Waals surface area contributed by atoms with Gasteiger partial charge in [-0.05, 0) is 13.8 Å². The number of esters is 2. The van der Waals surface area contributed by atoms with Crippen molar-refractivity contribution in [1.29, 1.82) is 0 Å². The Kier molecular flexibility index (Phi) is 7.18. The van der Waals surface area contributed by atoms with E-state index in [0.717, 1.165) is 12.5 Å². The number of ether oxygens (including phenoxy) is 2. The minimum atomic E-state index is -4.60. The maximum Gasteiger partial charge on any atom is 0.425 e. The van der Waals surface area contributed by atoms with Crippen molar-refractivity contribution in [1.82, 2.24) is 0 Å². The van der Waals surface area contributed by atoms with Crippen LogP contribution in [0.1, 0.15) is 33.1 Å². The molecule has 0 rings (SSSR count). The Balaban J connectivity index is 3.84. The maximum atomic E-state index is 12.1. The van der Waals surface area contributed by atoms with Crippen LogP contribution in [0.5, 0.6) is 0 Å². The number of carbonyl (C=O) groups excluding carboxylic acids is 2. The number of carbonyl (C=O) groups is 2. The standard InChI is InChI=1S/C12H17F3O4/c1-8(2)6-7-18-10(16)4-5-11(17)19-9(3)12(13,14)15/h9H,1,4-7H2,2-3H3. The Morgan fingerprint density at radius 1 is 1.16 bits per heavy atom. The number of halogens is 3. The van der Waals surface area contributed by atoms with Crippen LogP contribution in [0, 0.1) is 0 Å². The Morgan fingerprint density at radius 3 is 2.16 bits per heavy atom. The first-order chi connectivity index (χ1) is 8.62. The zero-order valence-corrected chi connectivity index (χ0v) is 10.9. The van der Waals surface area contributed by atoms with Crippen molar-refractivity contribution in [3.8, 4) is 0 Å². The van der Waals surface area contributed by atoms with E-state index in [4.69, 9.17) is 4.74 Å². The van der Waals surface area contributed by atoms with E-state index >= 15 is 0 Å². The highest BCUT2D eigenvalue weighted by Gasteiger charge is 2.39. The van der Waals surface area contributed by atoms with Crippen molar-refractivity contribution >= 4 is 11.9 Å². The molecule has 0 aliphatic carbocycles. The molecule has 0 radical (unpaired) electrons. The molecule has 0 aromatic heterocycles. The summed E-state index contributed by atoms with van der Waals surface area (Å²) in [6, 6.07) is 0. The van der Waals surface area contributed by atoms with Crippen molar-refractivity contribution in [3.63, 3.8) is 0 Å². The molecular weight excluding hydrogens is 265 g/mol. The van der Waals surface area contributed by atoms with E-state index < -0.39 is 30.6 Å². The molecule has 0 aliphatic heterocycles. The molecule has 1 unspecified atom stereocenters. The van der Waals surface area contributed by atoms with Gasteiger partial charge in [0.05, 0.1) is 19.4 Å². The van der Waals surface area contributed by atoms with Crippen LogP contribution in [0.25, 0.3) is 0 Å². The molecule has 4 nitrogen and oxygen atoms in total. The second kappa shape index (κ2) is 7.81. The second-order valence-electron chi connectivity index (χ2n) is 4.10. The molecule has 0 fully saturated rings. The number of hydrogen-bond donors (Lipinski definition) is 0. The molecule has 0 aromatic rings. The van der Waals surface area contributed by atoms with Gasteiger partial charge in [0, 0.05) is 6.42 Å². The zero-order chi connectivity index (χ0) is 15.1. The van der Waals surface area contributed by atoms with Gasteiger partial charge in [0.1, 0.15) is 0 Å². The Hall–Kier alpha value is -1.53. The lowest BCUT2D eigenvalue weighted by Gasteiger charge is -2.16. The van der Waals surface area contributed by atoms with Gasteiger partial charge < -0.3 is 9.47 Å². The van der Waals surface area contributed by atoms with Crippen LogP contribution in [0.2, 0.25) is 0 Å². The largest absolute Gasteiger partial charge is 0.465 e. The Labute approximate surface area is 109 Å². The molecule has 0 aromatic carbocycles. The van der Waals surface area contributed by atoms with Gasteiger partial charge in [-0.15, -0.1) is 6.58 Å². The van der Waals surface area contributed by atoms with Gasteiger partial charge in [0.15, 0.2) is 6.10 Å². The van der Waals surface area contributed by atoms with E-state index in [1.54, 1.807) is 6.92 Å². The first-order valence-corrected chi connectivity index (χ1v) is 5.69. The number of alkyl halides is 3. The number of hydrogen-bond acceptors (Lipinski definition) is 4. The second-order valence-corrected chi connectivity index (χ2v) is 4.10. The van der Waals surface area contributed by atoms with Crippen molar-refractivity contribution in [2.75, 3.05) is 6.61 Å². The smallest absolute Gasteiger partial charge is 0.425 e. The van der Waals surface area contributed by atoms with E-state index in [-0.39, 0.29) is 13.0 Å². The minimum absolute atomic E-state index is 0.141. The summed E-state index contributed by atoms with van der Waals surface area (Å²) in [7, 11) is 0. The molecule has 0 aliphatic rings. The predicted octanol–water partition coefficient (Wildman–Crippen LogP) is 2.77. The van der Waals surface area contributed by atoms with E-state index in [9.17, 15) is 22.8 Å². The molecule has 0 spiro atoms. The summed E-state index contributed by atoms with van der Waals surface area (Å²) in [5.41, 5.74) is 0.839. The molecular formula is C12H17F3O4. The molecule has 0 saturated heterocycles. The highest BCUT2D eigenvalue weighted by molar-refractivity contribution is 5.77. The Bertz CT molecular complexity index is 336. The molecule has 0 bridgehead atoms. The Morgan fingerprint density at radius 2 is 1.68 bits per heavy atom. The van der Waals surface area contributed by atoms with Crippen molar-refractivity contribution < 1.29 is 32.2 Å². The topological polar surface area (TPSA) is 52.6 Å². The molecule has 0 amide bonds. The van der Waals surface area contributed by atoms with Crippen molar-refractivity contribution in [2.24, 2.45) is 0 Å². The van der Waals surface area contributed by atoms with E-state index in [2.05, 4.69) is 11.3 Å². The summed E-state index contributed by atoms with van der Waals surface area (Å²) in [6.07, 6.45) is -7.02. The molecule has 1 atom stereocenters. The summed E-state index contributed by atoms with van der Waals surface area (Å²) >= 11 is 0. The SMILES string of the molecule is C=C(C)CCOC(=O)CCC(=O)OC(C)C(F)(F)F. The van der Waals surface area contributed by atoms with E-state index in [1.165, 1.54) is 0 Å². The minimum Gasteiger partial charge on any atom is -0.465 e. The quantitative estimate of drug-likeness (QED) is 0.532. The lowest BCUT2D eigenvalue weighted by atomic mass is 10.2. The fourth-order valence-electron chi connectivity index (χ4n) is 0.938. The molecule has 0 saturated carbocycles.